The highest BCUT2D eigenvalue weighted by Gasteiger charge is 2.19. The lowest BCUT2D eigenvalue weighted by atomic mass is 10.0. The van der Waals surface area contributed by atoms with E-state index in [2.05, 4.69) is 32.8 Å². The molecule has 0 aromatic carbocycles. The van der Waals surface area contributed by atoms with E-state index in [-0.39, 0.29) is 0 Å². The zero-order valence-electron chi connectivity index (χ0n) is 10.2. The smallest absolute Gasteiger partial charge is 0.0581 e. The predicted octanol–water partition coefficient (Wildman–Crippen LogP) is 2.25. The molecule has 1 aliphatic carbocycles. The van der Waals surface area contributed by atoms with Crippen LogP contribution in [0, 0.1) is 13.8 Å². The lowest BCUT2D eigenvalue weighted by Crippen LogP contribution is -2.15. The summed E-state index contributed by atoms with van der Waals surface area (Å²) in [7, 11) is 4.22. The summed E-state index contributed by atoms with van der Waals surface area (Å²) in [6.07, 6.45) is 3.79. The van der Waals surface area contributed by atoms with Crippen LogP contribution in [0.15, 0.2) is 0 Å². The summed E-state index contributed by atoms with van der Waals surface area (Å²) < 4.78 is 0. The molecule has 0 fully saturated rings. The SMILES string of the molecule is Cc1nc(CN(C)C)c2c(c1C)CCC2. The van der Waals surface area contributed by atoms with Crippen molar-refractivity contribution < 1.29 is 0 Å². The Hall–Kier alpha value is -0.890. The van der Waals surface area contributed by atoms with Crippen LogP contribution in [0.5, 0.6) is 0 Å². The monoisotopic (exact) mass is 204 g/mol. The first-order valence-corrected chi connectivity index (χ1v) is 5.72. The van der Waals surface area contributed by atoms with Crippen LogP contribution in [0.4, 0.5) is 0 Å². The van der Waals surface area contributed by atoms with Crippen molar-refractivity contribution in [3.05, 3.63) is 28.1 Å². The van der Waals surface area contributed by atoms with Crippen molar-refractivity contribution in [1.82, 2.24) is 9.88 Å². The van der Waals surface area contributed by atoms with Gasteiger partial charge in [0.2, 0.25) is 0 Å². The van der Waals surface area contributed by atoms with E-state index in [9.17, 15) is 0 Å². The molecule has 0 spiro atoms. The molecule has 82 valence electrons. The lowest BCUT2D eigenvalue weighted by Gasteiger charge is -2.16. The first-order valence-electron chi connectivity index (χ1n) is 5.72. The number of rotatable bonds is 2. The maximum Gasteiger partial charge on any atom is 0.0581 e. The molecule has 0 bridgehead atoms. The van der Waals surface area contributed by atoms with Gasteiger partial charge in [-0.25, -0.2) is 0 Å². The Balaban J connectivity index is 2.47. The molecule has 0 aliphatic heterocycles. The molecular formula is C13H20N2. The van der Waals surface area contributed by atoms with Gasteiger partial charge in [-0.2, -0.15) is 0 Å². The zero-order chi connectivity index (χ0) is 11.0. The van der Waals surface area contributed by atoms with Gasteiger partial charge in [-0.15, -0.1) is 0 Å². The van der Waals surface area contributed by atoms with Gasteiger partial charge in [0.05, 0.1) is 5.69 Å². The Labute approximate surface area is 92.3 Å². The predicted molar refractivity (Wildman–Crippen MR) is 63.1 cm³/mol. The maximum atomic E-state index is 4.74. The molecule has 2 nitrogen and oxygen atoms in total. The molecule has 1 aliphatic rings. The van der Waals surface area contributed by atoms with Crippen LogP contribution < -0.4 is 0 Å². The van der Waals surface area contributed by atoms with E-state index in [4.69, 9.17) is 4.98 Å². The van der Waals surface area contributed by atoms with Crippen LogP contribution >= 0.6 is 0 Å². The molecule has 1 aromatic rings. The van der Waals surface area contributed by atoms with Gasteiger partial charge in [0.15, 0.2) is 0 Å². The molecule has 0 saturated heterocycles. The lowest BCUT2D eigenvalue weighted by molar-refractivity contribution is 0.395. The Kier molecular flexibility index (Phi) is 2.79. The van der Waals surface area contributed by atoms with E-state index in [1.807, 2.05) is 0 Å². The van der Waals surface area contributed by atoms with Crippen molar-refractivity contribution in [2.75, 3.05) is 14.1 Å². The fraction of sp³-hybridized carbons (Fsp3) is 0.615. The normalized spacial score (nSPS) is 14.7. The van der Waals surface area contributed by atoms with E-state index in [1.165, 1.54) is 41.8 Å². The zero-order valence-corrected chi connectivity index (χ0v) is 10.2. The van der Waals surface area contributed by atoms with Crippen molar-refractivity contribution in [3.63, 3.8) is 0 Å². The van der Waals surface area contributed by atoms with Crippen molar-refractivity contribution >= 4 is 0 Å². The number of nitrogens with zero attached hydrogens (tertiary/aromatic N) is 2. The Bertz CT molecular complexity index is 381. The Morgan fingerprint density at radius 1 is 1.13 bits per heavy atom. The van der Waals surface area contributed by atoms with Gasteiger partial charge in [0.25, 0.3) is 0 Å². The topological polar surface area (TPSA) is 16.1 Å². The fourth-order valence-corrected chi connectivity index (χ4v) is 2.48. The molecule has 0 amide bonds. The average molecular weight is 204 g/mol. The molecule has 1 heterocycles. The highest BCUT2D eigenvalue weighted by molar-refractivity contribution is 5.42. The summed E-state index contributed by atoms with van der Waals surface area (Å²) in [5, 5.41) is 0. The Morgan fingerprint density at radius 3 is 2.47 bits per heavy atom. The summed E-state index contributed by atoms with van der Waals surface area (Å²) in [6, 6.07) is 0. The minimum Gasteiger partial charge on any atom is -0.304 e. The van der Waals surface area contributed by atoms with Gasteiger partial charge in [-0.3, -0.25) is 4.98 Å². The molecule has 0 N–H and O–H groups in total. The van der Waals surface area contributed by atoms with Crippen LogP contribution in [0.3, 0.4) is 0 Å². The van der Waals surface area contributed by atoms with E-state index in [1.54, 1.807) is 5.56 Å². The maximum absolute atomic E-state index is 4.74. The van der Waals surface area contributed by atoms with Crippen molar-refractivity contribution in [2.45, 2.75) is 39.7 Å². The molecule has 0 atom stereocenters. The van der Waals surface area contributed by atoms with E-state index >= 15 is 0 Å². The van der Waals surface area contributed by atoms with E-state index < -0.39 is 0 Å². The van der Waals surface area contributed by atoms with E-state index in [0.29, 0.717) is 0 Å². The second-order valence-electron chi connectivity index (χ2n) is 4.82. The minimum atomic E-state index is 0.976. The average Bonchev–Trinajstić information content (AvgIpc) is 2.61. The number of pyridine rings is 1. The molecule has 2 heteroatoms. The molecule has 15 heavy (non-hydrogen) atoms. The number of fused-ring (bicyclic) bond motifs is 1. The Morgan fingerprint density at radius 2 is 1.80 bits per heavy atom. The van der Waals surface area contributed by atoms with Crippen molar-refractivity contribution in [1.29, 1.82) is 0 Å². The van der Waals surface area contributed by atoms with Crippen molar-refractivity contribution in [2.24, 2.45) is 0 Å². The summed E-state index contributed by atoms with van der Waals surface area (Å²) in [6.45, 7) is 5.32. The number of aryl methyl sites for hydroxylation is 1. The van der Waals surface area contributed by atoms with Gasteiger partial charge < -0.3 is 4.90 Å². The second-order valence-corrected chi connectivity index (χ2v) is 4.82. The third kappa shape index (κ3) is 1.91. The second kappa shape index (κ2) is 3.93. The van der Waals surface area contributed by atoms with E-state index in [0.717, 1.165) is 6.54 Å². The summed E-state index contributed by atoms with van der Waals surface area (Å²) in [5.41, 5.74) is 7.05. The number of hydrogen-bond acceptors (Lipinski definition) is 2. The third-order valence-corrected chi connectivity index (χ3v) is 3.33. The van der Waals surface area contributed by atoms with Crippen LogP contribution in [0.1, 0.15) is 34.5 Å². The highest BCUT2D eigenvalue weighted by atomic mass is 15.1. The summed E-state index contributed by atoms with van der Waals surface area (Å²) in [5.74, 6) is 0. The molecule has 2 rings (SSSR count). The first kappa shape index (κ1) is 10.6. The fourth-order valence-electron chi connectivity index (χ4n) is 2.48. The first-order chi connectivity index (χ1) is 7.09. The van der Waals surface area contributed by atoms with Crippen LogP contribution in [0.25, 0.3) is 0 Å². The number of hydrogen-bond donors (Lipinski definition) is 0. The molecule has 0 saturated carbocycles. The van der Waals surface area contributed by atoms with Gasteiger partial charge in [0, 0.05) is 12.2 Å². The third-order valence-electron chi connectivity index (χ3n) is 3.33. The largest absolute Gasteiger partial charge is 0.304 e. The number of aromatic nitrogens is 1. The standard InChI is InChI=1S/C13H20N2/c1-9-10(2)14-13(8-15(3)4)12-7-5-6-11(9)12/h5-8H2,1-4H3. The van der Waals surface area contributed by atoms with Gasteiger partial charge >= 0.3 is 0 Å². The van der Waals surface area contributed by atoms with Crippen molar-refractivity contribution in [3.8, 4) is 0 Å². The van der Waals surface area contributed by atoms with Crippen LogP contribution in [0.2, 0.25) is 0 Å². The van der Waals surface area contributed by atoms with Crippen LogP contribution in [-0.2, 0) is 19.4 Å². The van der Waals surface area contributed by atoms with Gasteiger partial charge in [-0.1, -0.05) is 0 Å². The summed E-state index contributed by atoms with van der Waals surface area (Å²) >= 11 is 0. The summed E-state index contributed by atoms with van der Waals surface area (Å²) in [4.78, 5) is 6.95. The molecule has 1 aromatic heterocycles. The molecule has 0 unspecified atom stereocenters. The van der Waals surface area contributed by atoms with Gasteiger partial charge in [-0.05, 0) is 63.9 Å². The minimum absolute atomic E-state index is 0.976. The van der Waals surface area contributed by atoms with Gasteiger partial charge in [0.1, 0.15) is 0 Å². The molecular weight excluding hydrogens is 184 g/mol. The van der Waals surface area contributed by atoms with Crippen LogP contribution in [-0.4, -0.2) is 24.0 Å². The highest BCUT2D eigenvalue weighted by Crippen LogP contribution is 2.29. The quantitative estimate of drug-likeness (QED) is 0.734. The molecule has 0 radical (unpaired) electrons.